The second-order valence-corrected chi connectivity index (χ2v) is 5.87. The van der Waals surface area contributed by atoms with E-state index >= 15 is 0 Å². The number of carboxylic acids is 1. The predicted octanol–water partition coefficient (Wildman–Crippen LogP) is 1.87. The quantitative estimate of drug-likeness (QED) is 0.935. The van der Waals surface area contributed by atoms with E-state index in [9.17, 15) is 9.59 Å². The molecule has 1 aromatic heterocycles. The zero-order valence-electron chi connectivity index (χ0n) is 12.9. The first-order chi connectivity index (χ1) is 11.1. The van der Waals surface area contributed by atoms with Gasteiger partial charge < -0.3 is 10.0 Å². The molecule has 3 rings (SSSR count). The van der Waals surface area contributed by atoms with E-state index < -0.39 is 11.9 Å². The third kappa shape index (κ3) is 3.11. The van der Waals surface area contributed by atoms with Gasteiger partial charge in [-0.2, -0.15) is 5.10 Å². The topological polar surface area (TPSA) is 75.4 Å². The average Bonchev–Trinajstić information content (AvgIpc) is 3.17. The molecular formula is C17H19N3O3. The molecule has 0 radical (unpaired) electrons. The summed E-state index contributed by atoms with van der Waals surface area (Å²) in [5, 5.41) is 13.3. The Kier molecular flexibility index (Phi) is 4.14. The predicted molar refractivity (Wildman–Crippen MR) is 84.0 cm³/mol. The van der Waals surface area contributed by atoms with Crippen LogP contribution < -0.4 is 0 Å². The van der Waals surface area contributed by atoms with Gasteiger partial charge in [0.2, 0.25) is 0 Å². The lowest BCUT2D eigenvalue weighted by molar-refractivity contribution is -0.142. The lowest BCUT2D eigenvalue weighted by atomic mass is 10.0. The lowest BCUT2D eigenvalue weighted by Gasteiger charge is -2.23. The molecule has 120 valence electrons. The summed E-state index contributed by atoms with van der Waals surface area (Å²) < 4.78 is 1.82. The fourth-order valence-electron chi connectivity index (χ4n) is 3.06. The summed E-state index contributed by atoms with van der Waals surface area (Å²) in [5.74, 6) is -1.41. The van der Waals surface area contributed by atoms with Crippen LogP contribution in [0.4, 0.5) is 0 Å². The van der Waals surface area contributed by atoms with Crippen LogP contribution >= 0.6 is 0 Å². The van der Waals surface area contributed by atoms with Gasteiger partial charge in [0.15, 0.2) is 0 Å². The van der Waals surface area contributed by atoms with E-state index in [0.29, 0.717) is 25.1 Å². The van der Waals surface area contributed by atoms with Crippen molar-refractivity contribution in [3.05, 3.63) is 53.9 Å². The highest BCUT2D eigenvalue weighted by atomic mass is 16.4. The molecule has 1 N–H and O–H groups in total. The van der Waals surface area contributed by atoms with Crippen molar-refractivity contribution in [3.63, 3.8) is 0 Å². The molecule has 6 nitrogen and oxygen atoms in total. The monoisotopic (exact) mass is 313 g/mol. The van der Waals surface area contributed by atoms with Crippen LogP contribution in [0.15, 0.2) is 42.7 Å². The van der Waals surface area contributed by atoms with Crippen LogP contribution in [0.3, 0.4) is 0 Å². The number of aromatic nitrogens is 2. The fraction of sp³-hybridized carbons (Fsp3) is 0.353. The SMILES string of the molecule is CC1C(C(=O)O)CCN1C(=O)c1ccc(Cn2cccn2)cc1. The first kappa shape index (κ1) is 15.3. The van der Waals surface area contributed by atoms with Gasteiger partial charge in [-0.1, -0.05) is 12.1 Å². The molecule has 1 saturated heterocycles. The van der Waals surface area contributed by atoms with Crippen molar-refractivity contribution in [1.29, 1.82) is 0 Å². The number of nitrogens with zero attached hydrogens (tertiary/aromatic N) is 3. The highest BCUT2D eigenvalue weighted by Gasteiger charge is 2.38. The second kappa shape index (κ2) is 6.24. The van der Waals surface area contributed by atoms with Gasteiger partial charge >= 0.3 is 5.97 Å². The number of amides is 1. The Hall–Kier alpha value is -2.63. The number of aliphatic carboxylic acids is 1. The normalized spacial score (nSPS) is 20.7. The highest BCUT2D eigenvalue weighted by molar-refractivity contribution is 5.95. The number of hydrogen-bond acceptors (Lipinski definition) is 3. The Balaban J connectivity index is 1.69. The third-order valence-corrected chi connectivity index (χ3v) is 4.44. The number of carboxylic acid groups (broad SMARTS) is 1. The number of likely N-dealkylation sites (tertiary alicyclic amines) is 1. The molecule has 2 aromatic rings. The molecule has 0 aliphatic carbocycles. The highest BCUT2D eigenvalue weighted by Crippen LogP contribution is 2.26. The molecule has 2 unspecified atom stereocenters. The van der Waals surface area contributed by atoms with E-state index in [1.54, 1.807) is 30.2 Å². The van der Waals surface area contributed by atoms with E-state index in [2.05, 4.69) is 5.10 Å². The largest absolute Gasteiger partial charge is 0.481 e. The van der Waals surface area contributed by atoms with Gasteiger partial charge in [0.05, 0.1) is 12.5 Å². The van der Waals surface area contributed by atoms with Gasteiger partial charge in [0.25, 0.3) is 5.91 Å². The third-order valence-electron chi connectivity index (χ3n) is 4.44. The minimum atomic E-state index is -0.831. The van der Waals surface area contributed by atoms with Crippen molar-refractivity contribution < 1.29 is 14.7 Å². The van der Waals surface area contributed by atoms with E-state index in [-0.39, 0.29) is 11.9 Å². The Morgan fingerprint density at radius 3 is 2.61 bits per heavy atom. The first-order valence-corrected chi connectivity index (χ1v) is 7.66. The molecule has 2 atom stereocenters. The molecule has 1 aliphatic rings. The van der Waals surface area contributed by atoms with Crippen molar-refractivity contribution in [3.8, 4) is 0 Å². The molecule has 23 heavy (non-hydrogen) atoms. The van der Waals surface area contributed by atoms with Crippen molar-refractivity contribution in [2.24, 2.45) is 5.92 Å². The maximum Gasteiger partial charge on any atom is 0.308 e. The molecule has 6 heteroatoms. The van der Waals surface area contributed by atoms with E-state index in [1.165, 1.54) is 0 Å². The van der Waals surface area contributed by atoms with Crippen molar-refractivity contribution in [2.75, 3.05) is 6.54 Å². The fourth-order valence-corrected chi connectivity index (χ4v) is 3.06. The molecule has 0 saturated carbocycles. The van der Waals surface area contributed by atoms with Crippen molar-refractivity contribution in [1.82, 2.24) is 14.7 Å². The van der Waals surface area contributed by atoms with Gasteiger partial charge in [-0.05, 0) is 37.1 Å². The standard InChI is InChI=1S/C17H19N3O3/c1-12-15(17(22)23)7-10-20(12)16(21)14-5-3-13(4-6-14)11-19-9-2-8-18-19/h2-6,8-9,12,15H,7,10-11H2,1H3,(H,22,23). The van der Waals surface area contributed by atoms with Gasteiger partial charge in [0, 0.05) is 30.5 Å². The molecule has 1 aliphatic heterocycles. The first-order valence-electron chi connectivity index (χ1n) is 7.66. The minimum Gasteiger partial charge on any atom is -0.481 e. The minimum absolute atomic E-state index is 0.105. The Morgan fingerprint density at radius 1 is 1.30 bits per heavy atom. The molecule has 1 aromatic carbocycles. The number of hydrogen-bond donors (Lipinski definition) is 1. The van der Waals surface area contributed by atoms with Crippen LogP contribution in [0.2, 0.25) is 0 Å². The number of benzene rings is 1. The Morgan fingerprint density at radius 2 is 2.04 bits per heavy atom. The van der Waals surface area contributed by atoms with Gasteiger partial charge in [0.1, 0.15) is 0 Å². The summed E-state index contributed by atoms with van der Waals surface area (Å²) in [6.07, 6.45) is 4.13. The average molecular weight is 313 g/mol. The maximum absolute atomic E-state index is 12.6. The van der Waals surface area contributed by atoms with Crippen molar-refractivity contribution in [2.45, 2.75) is 25.9 Å². The summed E-state index contributed by atoms with van der Waals surface area (Å²) in [4.78, 5) is 25.4. The van der Waals surface area contributed by atoms with Crippen LogP contribution in [0, 0.1) is 5.92 Å². The zero-order chi connectivity index (χ0) is 16.4. The van der Waals surface area contributed by atoms with Crippen LogP contribution in [-0.4, -0.2) is 44.3 Å². The second-order valence-electron chi connectivity index (χ2n) is 5.87. The summed E-state index contributed by atoms with van der Waals surface area (Å²) in [6, 6.07) is 8.99. The number of rotatable bonds is 4. The Labute approximate surface area is 134 Å². The summed E-state index contributed by atoms with van der Waals surface area (Å²) in [6.45, 7) is 2.95. The maximum atomic E-state index is 12.6. The van der Waals surface area contributed by atoms with Crippen LogP contribution in [0.5, 0.6) is 0 Å². The smallest absolute Gasteiger partial charge is 0.308 e. The molecule has 2 heterocycles. The Bertz CT molecular complexity index is 694. The molecule has 0 bridgehead atoms. The number of carbonyl (C=O) groups is 2. The summed E-state index contributed by atoms with van der Waals surface area (Å²) in [7, 11) is 0. The van der Waals surface area contributed by atoms with Crippen LogP contribution in [0.25, 0.3) is 0 Å². The van der Waals surface area contributed by atoms with E-state index in [0.717, 1.165) is 5.56 Å². The summed E-state index contributed by atoms with van der Waals surface area (Å²) >= 11 is 0. The number of carbonyl (C=O) groups excluding carboxylic acids is 1. The van der Waals surface area contributed by atoms with E-state index in [1.807, 2.05) is 29.1 Å². The summed E-state index contributed by atoms with van der Waals surface area (Å²) in [5.41, 5.74) is 1.65. The van der Waals surface area contributed by atoms with Crippen LogP contribution in [-0.2, 0) is 11.3 Å². The molecule has 1 fully saturated rings. The van der Waals surface area contributed by atoms with E-state index in [4.69, 9.17) is 5.11 Å². The van der Waals surface area contributed by atoms with Gasteiger partial charge in [-0.25, -0.2) is 0 Å². The molecule has 0 spiro atoms. The molecule has 1 amide bonds. The van der Waals surface area contributed by atoms with Crippen molar-refractivity contribution >= 4 is 11.9 Å². The van der Waals surface area contributed by atoms with Crippen LogP contribution in [0.1, 0.15) is 29.3 Å². The van der Waals surface area contributed by atoms with Gasteiger partial charge in [-0.15, -0.1) is 0 Å². The lowest BCUT2D eigenvalue weighted by Crippen LogP contribution is -2.37. The zero-order valence-corrected chi connectivity index (χ0v) is 12.9. The van der Waals surface area contributed by atoms with Gasteiger partial charge in [-0.3, -0.25) is 14.3 Å². The molecular weight excluding hydrogens is 294 g/mol.